The van der Waals surface area contributed by atoms with E-state index in [2.05, 4.69) is 89.9 Å². The number of aliphatic hydroxyl groups excluding tert-OH is 2. The smallest absolute Gasteiger partial charge is 0.373 e. The second-order valence-electron chi connectivity index (χ2n) is 25.4. The molecule has 0 saturated heterocycles. The predicted octanol–water partition coefficient (Wildman–Crippen LogP) is 5.44. The fourth-order valence-corrected chi connectivity index (χ4v) is 18.1. The van der Waals surface area contributed by atoms with Gasteiger partial charge in [0, 0.05) is 91.6 Å². The molecular weight excluding hydrogens is 1840 g/mol. The number of anilines is 3. The molecular formula is C74H140ClN20O30P5. The first-order chi connectivity index (χ1) is 61.4. The number of esters is 2. The summed E-state index contributed by atoms with van der Waals surface area (Å²) in [5.41, 5.74) is 18.6. The number of methoxy groups -OCH3 is 2. The van der Waals surface area contributed by atoms with Crippen molar-refractivity contribution in [3.05, 3.63) is 57.5 Å². The summed E-state index contributed by atoms with van der Waals surface area (Å²) in [6.07, 6.45) is 11.5. The number of nitrogens with zero attached hydrogens (tertiary/aromatic N) is 14. The molecule has 6 aromatic heterocycles. The second-order valence-corrected chi connectivity index (χ2v) is 36.3. The summed E-state index contributed by atoms with van der Waals surface area (Å²) in [6.45, 7) is 40.7. The average Bonchev–Trinajstić information content (AvgIpc) is 1.67. The van der Waals surface area contributed by atoms with Gasteiger partial charge in [-0.1, -0.05) is 52.3 Å². The number of nitrogens with two attached hydrogens (primary N) is 3. The lowest BCUT2D eigenvalue weighted by Gasteiger charge is -2.24. The number of nitrogen functional groups attached to an aromatic ring is 3. The Balaban J connectivity index is -0.000000482. The van der Waals surface area contributed by atoms with Crippen molar-refractivity contribution in [2.45, 2.75) is 142 Å². The van der Waals surface area contributed by atoms with Gasteiger partial charge in [-0.15, -0.1) is 6.58 Å². The molecule has 0 aliphatic heterocycles. The molecule has 0 aliphatic rings. The maximum Gasteiger partial charge on any atom is 0.373 e. The standard InChI is InChI=1S/C16H28ClN6O3P.C16H29N6O4P.C12H21N6O4P.C12H26NO6P.C8H20NO4P.C5H8O2.C2H6.3CO2.H2O/c1-4-7-22(10-11-27(24,25-5-2)26-6-3)8-9-23-12-19-13-14(17)20-16(18)21-15(13)23;1-4-7-21(10-11-27(24,25-5-2)26-6-3)8-9-22-12-18-13-14(22)19-16(17)20-15(13)23;1-2-3-17(6-7-23(20,21)22)4-5-18-8-14-9-10(18)15-12(13)16-11(9)19;1-4-18-20(16,19-5-2)11-9-13(8-10-14)7-6-12(15)17-3;1-3-12-14(11,13-4-2)8-6-9-5-7-10;1-3-4-5(6)7-2;1-2;3*2-1-3;/h12H,4-11H2,1-3H3,(H2,18,20,21);12H,4-11H2,1-3H3,(H3,17,19,20,23);8H,2-7H2,1H3,(H2,20,21,22)(H3,13,15,16,19);14H,4-11H2,1-3H3;9-10H,3-8H2,1-2H3;3H,1,4H2,2H3;1-2H3;;;;1H2. The molecule has 0 saturated carbocycles. The van der Waals surface area contributed by atoms with E-state index in [-0.39, 0.29) is 107 Å². The fraction of sp³-hybridized carbons (Fsp3) is 0.703. The molecule has 0 atom stereocenters. The van der Waals surface area contributed by atoms with E-state index >= 15 is 0 Å². The number of fused-ring (bicyclic) bond motifs is 3. The number of carbonyl (C=O) groups excluding carboxylic acids is 8. The van der Waals surface area contributed by atoms with Crippen molar-refractivity contribution in [2.24, 2.45) is 0 Å². The first kappa shape index (κ1) is 131. The SMILES string of the molecule is C=CCC(=O)OC.CC.CCCN(CCn1cnc2c(=O)[nH]c(N)nc21)CCP(=O)(O)O.CCCN(CCn1cnc2c(=O)[nH]c(N)nc21)CCP(=O)(OCC)OCC.CCCN(CCn1cnc2c(Cl)nc(N)nc21)CCP(=O)(OCC)OCC.CCOP(=O)(CCN(CCO)CCC(=O)OC)OCC.CCOP(=O)(CCNCCO)OCC.O.O=C=O.O=C=O.O=C=O. The highest BCUT2D eigenvalue weighted by atomic mass is 35.5. The number of halogens is 1. The molecule has 0 aromatic carbocycles. The minimum absolute atomic E-state index is 0. The number of aromatic nitrogens is 12. The van der Waals surface area contributed by atoms with E-state index < -0.39 is 43.5 Å². The summed E-state index contributed by atoms with van der Waals surface area (Å²) in [6, 6.07) is 0. The van der Waals surface area contributed by atoms with E-state index in [0.29, 0.717) is 185 Å². The van der Waals surface area contributed by atoms with Crippen LogP contribution >= 0.6 is 49.6 Å². The maximum atomic E-state index is 12.7. The molecule has 50 nitrogen and oxygen atoms in total. The lowest BCUT2D eigenvalue weighted by atomic mass is 10.3. The van der Waals surface area contributed by atoms with Gasteiger partial charge in [-0.2, -0.15) is 48.7 Å². The third kappa shape index (κ3) is 59.6. The molecule has 6 heterocycles. The van der Waals surface area contributed by atoms with E-state index in [4.69, 9.17) is 114 Å². The van der Waals surface area contributed by atoms with Crippen LogP contribution in [0.1, 0.15) is 122 Å². The molecule has 56 heteroatoms. The van der Waals surface area contributed by atoms with Crippen LogP contribution in [-0.2, 0) is 126 Å². The molecule has 130 heavy (non-hydrogen) atoms. The Hall–Kier alpha value is -7.81. The van der Waals surface area contributed by atoms with Crippen molar-refractivity contribution in [3.8, 4) is 0 Å². The van der Waals surface area contributed by atoms with Crippen molar-refractivity contribution in [1.82, 2.24) is 83.5 Å². The lowest BCUT2D eigenvalue weighted by Crippen LogP contribution is -2.32. The highest BCUT2D eigenvalue weighted by Crippen LogP contribution is 2.50. The summed E-state index contributed by atoms with van der Waals surface area (Å²) in [5.74, 6) is -0.347. The molecule has 0 fully saturated rings. The predicted molar refractivity (Wildman–Crippen MR) is 487 cm³/mol. The van der Waals surface area contributed by atoms with E-state index in [1.165, 1.54) is 26.6 Å². The van der Waals surface area contributed by atoms with Crippen LogP contribution in [0.2, 0.25) is 5.15 Å². The van der Waals surface area contributed by atoms with E-state index in [0.717, 1.165) is 45.4 Å². The van der Waals surface area contributed by atoms with Crippen LogP contribution in [0.3, 0.4) is 0 Å². The Morgan fingerprint density at radius 2 is 0.777 bits per heavy atom. The summed E-state index contributed by atoms with van der Waals surface area (Å²) >= 11 is 6.07. The van der Waals surface area contributed by atoms with Gasteiger partial charge in [0.1, 0.15) is 5.52 Å². The molecule has 748 valence electrons. The van der Waals surface area contributed by atoms with Crippen molar-refractivity contribution in [3.63, 3.8) is 0 Å². The van der Waals surface area contributed by atoms with E-state index in [1.807, 2.05) is 49.0 Å². The number of aliphatic hydroxyl groups is 2. The number of hydrogen-bond donors (Lipinski definition) is 10. The molecule has 0 radical (unpaired) electrons. The Kier molecular flexibility index (Phi) is 79.1. The van der Waals surface area contributed by atoms with Gasteiger partial charge < -0.3 is 122 Å². The number of carbonyl (C=O) groups is 2. The van der Waals surface area contributed by atoms with Gasteiger partial charge in [0.05, 0.1) is 143 Å². The van der Waals surface area contributed by atoms with Crippen molar-refractivity contribution in [1.29, 1.82) is 0 Å². The zero-order chi connectivity index (χ0) is 98.9. The average molecular weight is 1980 g/mol. The largest absolute Gasteiger partial charge is 0.469 e. The van der Waals surface area contributed by atoms with Crippen LogP contribution in [-0.4, -0.2) is 337 Å². The highest BCUT2D eigenvalue weighted by Gasteiger charge is 2.29. The maximum absolute atomic E-state index is 12.7. The fourth-order valence-electron chi connectivity index (χ4n) is 10.8. The minimum atomic E-state index is -4.01. The topological polar surface area (TPSA) is 700 Å². The molecule has 6 rings (SSSR count). The van der Waals surface area contributed by atoms with Gasteiger partial charge in [-0.05, 0) is 94.3 Å². The van der Waals surface area contributed by atoms with Crippen LogP contribution in [0, 0.1) is 0 Å². The third-order valence-corrected chi connectivity index (χ3v) is 25.3. The second kappa shape index (κ2) is 78.7. The van der Waals surface area contributed by atoms with Gasteiger partial charge in [0.2, 0.25) is 17.8 Å². The molecule has 0 unspecified atom stereocenters. The number of imidazole rings is 3. The summed E-state index contributed by atoms with van der Waals surface area (Å²) in [4.78, 5) is 153. The van der Waals surface area contributed by atoms with Crippen LogP contribution in [0.25, 0.3) is 33.5 Å². The third-order valence-electron chi connectivity index (χ3n) is 16.1. The summed E-state index contributed by atoms with van der Waals surface area (Å²) in [5, 5.41) is 20.7. The Labute approximate surface area is 762 Å². The Morgan fingerprint density at radius 3 is 1.06 bits per heavy atom. The van der Waals surface area contributed by atoms with Crippen LogP contribution in [0.5, 0.6) is 0 Å². The molecule has 0 spiro atoms. The molecule has 0 aliphatic carbocycles. The monoisotopic (exact) mass is 1980 g/mol. The van der Waals surface area contributed by atoms with Gasteiger partial charge in [-0.3, -0.25) is 56.9 Å². The number of rotatable bonds is 55. The first-order valence-corrected chi connectivity index (χ1v) is 50.6. The van der Waals surface area contributed by atoms with Crippen LogP contribution in [0.4, 0.5) is 17.8 Å². The summed E-state index contributed by atoms with van der Waals surface area (Å²) in [7, 11) is -13.4. The van der Waals surface area contributed by atoms with Gasteiger partial charge in [-0.25, -0.2) is 15.0 Å². The van der Waals surface area contributed by atoms with Crippen molar-refractivity contribution >= 4 is 131 Å². The lowest BCUT2D eigenvalue weighted by molar-refractivity contribution is -0.193. The number of H-pyrrole nitrogens is 2. The zero-order valence-corrected chi connectivity index (χ0v) is 82.5. The number of ether oxygens (including phenoxy) is 2. The number of aromatic amines is 2. The van der Waals surface area contributed by atoms with Crippen molar-refractivity contribution in [2.75, 3.05) is 220 Å². The molecule has 0 bridgehead atoms. The first-order valence-electron chi connectivity index (χ1n) is 41.5. The van der Waals surface area contributed by atoms with E-state index in [9.17, 15) is 42.0 Å². The minimum Gasteiger partial charge on any atom is -0.469 e. The number of nitrogens with one attached hydrogen (secondary N) is 3. The quantitative estimate of drug-likeness (QED) is 0.00746. The van der Waals surface area contributed by atoms with Crippen molar-refractivity contribution < 1.29 is 132 Å². The van der Waals surface area contributed by atoms with Gasteiger partial charge in [0.15, 0.2) is 33.1 Å². The summed E-state index contributed by atoms with van der Waals surface area (Å²) < 4.78 is 117. The molecule has 0 amide bonds. The van der Waals surface area contributed by atoms with Gasteiger partial charge in [0.25, 0.3) is 11.1 Å². The highest BCUT2D eigenvalue weighted by molar-refractivity contribution is 7.54. The van der Waals surface area contributed by atoms with Gasteiger partial charge >= 0.3 is 68.4 Å². The molecule has 6 aromatic rings. The molecule has 15 N–H and O–H groups in total. The van der Waals surface area contributed by atoms with Crippen LogP contribution in [0.15, 0.2) is 41.2 Å². The Bertz CT molecular complexity index is 4440. The van der Waals surface area contributed by atoms with E-state index in [1.54, 1.807) is 63.3 Å². The Morgan fingerprint density at radius 1 is 0.469 bits per heavy atom. The zero-order valence-electron chi connectivity index (χ0n) is 77.3. The number of hydrogen-bond acceptors (Lipinski definition) is 42. The normalized spacial score (nSPS) is 11.0. The van der Waals surface area contributed by atoms with Crippen LogP contribution < -0.4 is 33.6 Å².